The molecule has 2 N–H and O–H groups in total. The largest absolute Gasteiger partial charge is 0.477 e. The Morgan fingerprint density at radius 3 is 1.90 bits per heavy atom. The maximum atomic E-state index is 11.0. The molecular formula is C18H46NO7Si4+. The summed E-state index contributed by atoms with van der Waals surface area (Å²) in [4.78, 5) is 11.0. The highest BCUT2D eigenvalue weighted by atomic mass is 28.5. The van der Waals surface area contributed by atoms with Crippen molar-refractivity contribution in [1.82, 2.24) is 0 Å². The van der Waals surface area contributed by atoms with Gasteiger partial charge in [-0.15, -0.1) is 0 Å². The molecule has 2 unspecified atom stereocenters. The van der Waals surface area contributed by atoms with Crippen LogP contribution in [0.1, 0.15) is 0 Å². The summed E-state index contributed by atoms with van der Waals surface area (Å²) >= 11 is 0. The van der Waals surface area contributed by atoms with Gasteiger partial charge in [0.2, 0.25) is 0 Å². The van der Waals surface area contributed by atoms with E-state index in [4.69, 9.17) is 22.5 Å². The fourth-order valence-corrected chi connectivity index (χ4v) is 17.8. The molecule has 0 aromatic carbocycles. The monoisotopic (exact) mass is 500 g/mol. The van der Waals surface area contributed by atoms with Crippen LogP contribution in [0, 0.1) is 0 Å². The Balaban J connectivity index is 5.03. The van der Waals surface area contributed by atoms with Gasteiger partial charge in [0.15, 0.2) is 14.9 Å². The zero-order valence-electron chi connectivity index (χ0n) is 21.0. The van der Waals surface area contributed by atoms with Crippen molar-refractivity contribution in [3.05, 3.63) is 0 Å². The molecule has 0 aliphatic rings. The van der Waals surface area contributed by atoms with E-state index in [0.29, 0.717) is 19.0 Å². The lowest BCUT2D eigenvalue weighted by Gasteiger charge is -2.39. The maximum Gasteiger partial charge on any atom is 0.359 e. The van der Waals surface area contributed by atoms with Gasteiger partial charge in [0.25, 0.3) is 0 Å². The van der Waals surface area contributed by atoms with Crippen LogP contribution < -0.4 is 0 Å². The van der Waals surface area contributed by atoms with E-state index in [1.807, 2.05) is 6.55 Å². The number of carboxylic acid groups (broad SMARTS) is 1. The average molecular weight is 501 g/mol. The Labute approximate surface area is 187 Å². The number of aliphatic carboxylic acids is 1. The van der Waals surface area contributed by atoms with Gasteiger partial charge in [-0.05, 0) is 39.3 Å². The Bertz CT molecular complexity index is 550. The highest BCUT2D eigenvalue weighted by Crippen LogP contribution is 2.22. The molecule has 0 aliphatic carbocycles. The molecule has 0 heterocycles. The van der Waals surface area contributed by atoms with Gasteiger partial charge in [-0.3, -0.25) is 0 Å². The first-order chi connectivity index (χ1) is 13.1. The minimum absolute atomic E-state index is 0.0558. The van der Waals surface area contributed by atoms with Crippen molar-refractivity contribution >= 4 is 39.5 Å². The number of carboxylic acids is 1. The topological polar surface area (TPSA) is 94.5 Å². The first-order valence-electron chi connectivity index (χ1n) is 10.5. The first kappa shape index (κ1) is 30.1. The predicted molar refractivity (Wildman–Crippen MR) is 130 cm³/mol. The second kappa shape index (κ2) is 11.3. The predicted octanol–water partition coefficient (Wildman–Crippen LogP) is 2.60. The lowest BCUT2D eigenvalue weighted by atomic mass is 10.3. The molecule has 0 aromatic rings. The molecule has 0 amide bonds. The molecule has 0 aliphatic heterocycles. The first-order valence-corrected chi connectivity index (χ1v) is 22.9. The third-order valence-electron chi connectivity index (χ3n) is 3.77. The molecule has 8 nitrogen and oxygen atoms in total. The molecular weight excluding hydrogens is 455 g/mol. The molecule has 12 heteroatoms. The van der Waals surface area contributed by atoms with Crippen LogP contribution in [0.3, 0.4) is 0 Å². The van der Waals surface area contributed by atoms with E-state index in [0.717, 1.165) is 0 Å². The Morgan fingerprint density at radius 1 is 0.933 bits per heavy atom. The normalized spacial score (nSPS) is 16.9. The highest BCUT2D eigenvalue weighted by Gasteiger charge is 2.43. The van der Waals surface area contributed by atoms with Crippen molar-refractivity contribution in [2.45, 2.75) is 65.0 Å². The van der Waals surface area contributed by atoms with E-state index in [1.54, 1.807) is 14.1 Å². The van der Waals surface area contributed by atoms with Gasteiger partial charge in [-0.25, -0.2) is 4.79 Å². The molecule has 0 rings (SSSR count). The number of rotatable bonds is 15. The van der Waals surface area contributed by atoms with E-state index in [-0.39, 0.29) is 17.6 Å². The number of carbonyl (C=O) groups is 1. The van der Waals surface area contributed by atoms with Crippen LogP contribution in [0.15, 0.2) is 0 Å². The van der Waals surface area contributed by atoms with Crippen LogP contribution in [0.4, 0.5) is 0 Å². The summed E-state index contributed by atoms with van der Waals surface area (Å²) < 4.78 is 25.2. The molecule has 0 radical (unpaired) electrons. The average Bonchev–Trinajstić information content (AvgIpc) is 2.38. The number of quaternary nitrogens is 1. The van der Waals surface area contributed by atoms with Crippen molar-refractivity contribution in [1.29, 1.82) is 0 Å². The SMILES string of the molecule is C[N+](C)(CC(=O)O)CC(O)COC[Si](C)(OC[Si](C)(C)C)O[Si](C)(C)O[Si](C)(C)C. The molecule has 0 spiro atoms. The highest BCUT2D eigenvalue weighted by molar-refractivity contribution is 6.86. The van der Waals surface area contributed by atoms with Crippen LogP contribution in [0.5, 0.6) is 0 Å². The van der Waals surface area contributed by atoms with Gasteiger partial charge in [0.1, 0.15) is 12.6 Å². The van der Waals surface area contributed by atoms with E-state index >= 15 is 0 Å². The molecule has 0 aromatic heterocycles. The van der Waals surface area contributed by atoms with Crippen LogP contribution in [0.25, 0.3) is 0 Å². The zero-order chi connectivity index (χ0) is 24.0. The Hall–Kier alpha value is 0.0975. The summed E-state index contributed by atoms with van der Waals surface area (Å²) in [6.07, 6.45) is 0.214. The van der Waals surface area contributed by atoms with Gasteiger partial charge < -0.3 is 32.1 Å². The van der Waals surface area contributed by atoms with Crippen molar-refractivity contribution in [2.75, 3.05) is 46.3 Å². The maximum absolute atomic E-state index is 11.0. The molecule has 180 valence electrons. The molecule has 2 atom stereocenters. The van der Waals surface area contributed by atoms with Crippen molar-refractivity contribution in [3.63, 3.8) is 0 Å². The minimum Gasteiger partial charge on any atom is -0.477 e. The number of nitrogens with zero attached hydrogens (tertiary/aromatic N) is 1. The number of aliphatic hydroxyl groups is 1. The summed E-state index contributed by atoms with van der Waals surface area (Å²) in [5.74, 6) is -0.893. The van der Waals surface area contributed by atoms with Crippen LogP contribution in [0.2, 0.25) is 58.9 Å². The van der Waals surface area contributed by atoms with Crippen molar-refractivity contribution in [3.8, 4) is 0 Å². The van der Waals surface area contributed by atoms with E-state index < -0.39 is 45.6 Å². The molecule has 0 bridgehead atoms. The van der Waals surface area contributed by atoms with E-state index in [1.165, 1.54) is 0 Å². The van der Waals surface area contributed by atoms with E-state index in [9.17, 15) is 9.90 Å². The molecule has 0 saturated carbocycles. The van der Waals surface area contributed by atoms with Crippen LogP contribution >= 0.6 is 0 Å². The van der Waals surface area contributed by atoms with Crippen LogP contribution in [-0.2, 0) is 22.2 Å². The molecule has 30 heavy (non-hydrogen) atoms. The quantitative estimate of drug-likeness (QED) is 0.264. The number of aliphatic hydroxyl groups excluding tert-OH is 1. The zero-order valence-corrected chi connectivity index (χ0v) is 25.0. The smallest absolute Gasteiger partial charge is 0.359 e. The van der Waals surface area contributed by atoms with Gasteiger partial charge in [-0.1, -0.05) is 19.6 Å². The third-order valence-corrected chi connectivity index (χ3v) is 14.7. The molecule has 0 saturated heterocycles. The molecule has 0 fully saturated rings. The second-order valence-corrected chi connectivity index (χ2v) is 28.5. The van der Waals surface area contributed by atoms with E-state index in [2.05, 4.69) is 52.4 Å². The van der Waals surface area contributed by atoms with Crippen molar-refractivity contribution in [2.24, 2.45) is 0 Å². The fourth-order valence-electron chi connectivity index (χ4n) is 3.18. The standard InChI is InChI=1S/C18H45NO7Si4/c1-19(2,13-18(21)22)12-17(20)14-23-15-30(11,24-16-27(3,4)5)26-29(9,10)25-28(6,7)8/h17,20H,12-16H2,1-11H3/p+1. The minimum atomic E-state index is -2.68. The summed E-state index contributed by atoms with van der Waals surface area (Å²) in [6.45, 7) is 19.6. The summed E-state index contributed by atoms with van der Waals surface area (Å²) in [7, 11) is -4.74. The fraction of sp³-hybridized carbons (Fsp3) is 0.944. The number of hydrogen-bond acceptors (Lipinski definition) is 6. The Morgan fingerprint density at radius 2 is 1.47 bits per heavy atom. The summed E-state index contributed by atoms with van der Waals surface area (Å²) in [5, 5.41) is 19.3. The van der Waals surface area contributed by atoms with Gasteiger partial charge in [-0.2, -0.15) is 0 Å². The Kier molecular flexibility index (Phi) is 11.3. The number of hydrogen-bond donors (Lipinski definition) is 2. The summed E-state index contributed by atoms with van der Waals surface area (Å²) in [5.41, 5.74) is 0. The summed E-state index contributed by atoms with van der Waals surface area (Å²) in [6, 6.07) is 0. The number of ether oxygens (including phenoxy) is 1. The lowest BCUT2D eigenvalue weighted by Crippen LogP contribution is -2.57. The van der Waals surface area contributed by atoms with Crippen molar-refractivity contribution < 1.29 is 36.9 Å². The van der Waals surface area contributed by atoms with Gasteiger partial charge in [0, 0.05) is 6.23 Å². The van der Waals surface area contributed by atoms with Gasteiger partial charge >= 0.3 is 23.1 Å². The third kappa shape index (κ3) is 15.8. The second-order valence-electron chi connectivity index (χ2n) is 11.5. The number of likely N-dealkylation sites (N-methyl/N-ethyl adjacent to an activating group) is 1. The van der Waals surface area contributed by atoms with Gasteiger partial charge in [0.05, 0.1) is 35.0 Å². The van der Waals surface area contributed by atoms with Crippen LogP contribution in [-0.4, -0.2) is 107 Å². The lowest BCUT2D eigenvalue weighted by molar-refractivity contribution is -0.886.